The van der Waals surface area contributed by atoms with Gasteiger partial charge in [-0.15, -0.1) is 0 Å². The van der Waals surface area contributed by atoms with E-state index in [1.54, 1.807) is 0 Å². The van der Waals surface area contributed by atoms with Crippen molar-refractivity contribution in [3.63, 3.8) is 0 Å². The van der Waals surface area contributed by atoms with Gasteiger partial charge in [0.2, 0.25) is 0 Å². The maximum Gasteiger partial charge on any atom is 0.357 e. The van der Waals surface area contributed by atoms with Gasteiger partial charge in [0.25, 0.3) is 11.4 Å². The Morgan fingerprint density at radius 1 is 1.03 bits per heavy atom. The Morgan fingerprint density at radius 3 is 2.41 bits per heavy atom. The van der Waals surface area contributed by atoms with Crippen molar-refractivity contribution in [1.29, 1.82) is 0 Å². The standard InChI is InChI=1S/C21H24O13/c22-6-12-14(26)15(27)16(28)18(31-12)34-21-17(11(24)7-30-21)32-19(29)20(21)10(5-13(25)33-20)8-1-3-9(23)4-2-8/h1-4,10-12,14-18,22-24,26-28H,5-7H2/t10-,11+,12-,14-,15+,16-,17-,18+,20-,21-/m1/s1. The molecule has 6 N–H and O–H groups in total. The topological polar surface area (TPSA) is 202 Å². The van der Waals surface area contributed by atoms with Crippen molar-refractivity contribution in [2.24, 2.45) is 0 Å². The lowest BCUT2D eigenvalue weighted by Crippen LogP contribution is -2.67. The highest BCUT2D eigenvalue weighted by molar-refractivity contribution is 5.92. The summed E-state index contributed by atoms with van der Waals surface area (Å²) >= 11 is 0. The highest BCUT2D eigenvalue weighted by Crippen LogP contribution is 2.58. The molecule has 186 valence electrons. The van der Waals surface area contributed by atoms with Crippen LogP contribution in [0.25, 0.3) is 0 Å². The van der Waals surface area contributed by atoms with E-state index in [-0.39, 0.29) is 12.2 Å². The van der Waals surface area contributed by atoms with Gasteiger partial charge in [-0.25, -0.2) is 4.79 Å². The van der Waals surface area contributed by atoms with Crippen LogP contribution in [0.1, 0.15) is 17.9 Å². The van der Waals surface area contributed by atoms with E-state index in [4.69, 9.17) is 23.7 Å². The van der Waals surface area contributed by atoms with Gasteiger partial charge < -0.3 is 54.3 Å². The zero-order valence-corrected chi connectivity index (χ0v) is 17.6. The summed E-state index contributed by atoms with van der Waals surface area (Å²) < 4.78 is 28.0. The SMILES string of the molecule is O=C1C[C@H](c2ccc(O)cc2)[C@@]2(O1)C(=O)O[C@@H]1[C@@H](O)CO[C@@]12O[C@@H]1O[C@H](CO)[C@@H](O)[C@H](O)[C@H]1O. The summed E-state index contributed by atoms with van der Waals surface area (Å²) in [5, 5.41) is 60.4. The van der Waals surface area contributed by atoms with Gasteiger partial charge in [-0.1, -0.05) is 12.1 Å². The Morgan fingerprint density at radius 2 is 1.74 bits per heavy atom. The van der Waals surface area contributed by atoms with Crippen LogP contribution in [0.15, 0.2) is 24.3 Å². The Labute approximate surface area is 192 Å². The molecule has 0 aromatic heterocycles. The fourth-order valence-corrected chi connectivity index (χ4v) is 5.14. The molecule has 1 spiro atoms. The molecule has 0 amide bonds. The van der Waals surface area contributed by atoms with E-state index < -0.39 is 85.4 Å². The number of phenolic OH excluding ortho intramolecular Hbond substituents is 1. The number of aliphatic hydroxyl groups excluding tert-OH is 5. The Balaban J connectivity index is 1.60. The Hall–Kier alpha value is -2.36. The van der Waals surface area contributed by atoms with Gasteiger partial charge in [0.15, 0.2) is 12.4 Å². The van der Waals surface area contributed by atoms with Crippen molar-refractivity contribution >= 4 is 11.9 Å². The number of rotatable bonds is 4. The summed E-state index contributed by atoms with van der Waals surface area (Å²) in [5.74, 6) is -5.28. The van der Waals surface area contributed by atoms with E-state index in [0.717, 1.165) is 0 Å². The quantitative estimate of drug-likeness (QED) is 0.236. The molecule has 13 nitrogen and oxygen atoms in total. The predicted molar refractivity (Wildman–Crippen MR) is 104 cm³/mol. The first-order valence-electron chi connectivity index (χ1n) is 10.7. The lowest BCUT2D eigenvalue weighted by atomic mass is 9.75. The number of aromatic hydroxyl groups is 1. The third-order valence-corrected chi connectivity index (χ3v) is 6.82. The molecule has 10 atom stereocenters. The summed E-state index contributed by atoms with van der Waals surface area (Å²) in [4.78, 5) is 25.8. The van der Waals surface area contributed by atoms with Gasteiger partial charge in [0.05, 0.1) is 25.6 Å². The number of hydrogen-bond donors (Lipinski definition) is 6. The normalized spacial score (nSPS) is 45.9. The van der Waals surface area contributed by atoms with E-state index in [9.17, 15) is 40.2 Å². The van der Waals surface area contributed by atoms with Crippen LogP contribution in [-0.2, 0) is 33.3 Å². The molecule has 1 aromatic carbocycles. The second-order valence-electron chi connectivity index (χ2n) is 8.74. The molecule has 4 aliphatic rings. The summed E-state index contributed by atoms with van der Waals surface area (Å²) in [5.41, 5.74) is -1.88. The second kappa shape index (κ2) is 8.10. The van der Waals surface area contributed by atoms with E-state index in [2.05, 4.69) is 0 Å². The fourth-order valence-electron chi connectivity index (χ4n) is 5.14. The number of phenols is 1. The van der Waals surface area contributed by atoms with Crippen LogP contribution in [0, 0.1) is 0 Å². The number of carbonyl (C=O) groups is 2. The molecule has 4 heterocycles. The van der Waals surface area contributed by atoms with Crippen molar-refractivity contribution in [2.75, 3.05) is 13.2 Å². The smallest absolute Gasteiger partial charge is 0.357 e. The Kier molecular flexibility index (Phi) is 5.57. The minimum absolute atomic E-state index is 0.0604. The number of hydrogen-bond acceptors (Lipinski definition) is 13. The fraction of sp³-hybridized carbons (Fsp3) is 0.619. The van der Waals surface area contributed by atoms with Gasteiger partial charge >= 0.3 is 11.9 Å². The zero-order valence-electron chi connectivity index (χ0n) is 17.6. The lowest BCUT2D eigenvalue weighted by Gasteiger charge is -2.45. The molecule has 13 heteroatoms. The van der Waals surface area contributed by atoms with E-state index in [0.29, 0.717) is 5.56 Å². The predicted octanol–water partition coefficient (Wildman–Crippen LogP) is -3.01. The maximum absolute atomic E-state index is 13.3. The number of benzene rings is 1. The molecule has 4 saturated heterocycles. The summed E-state index contributed by atoms with van der Waals surface area (Å²) in [6.45, 7) is -1.13. The highest BCUT2D eigenvalue weighted by Gasteiger charge is 2.82. The first kappa shape index (κ1) is 23.4. The molecular weight excluding hydrogens is 460 g/mol. The van der Waals surface area contributed by atoms with Crippen molar-refractivity contribution in [3.8, 4) is 5.75 Å². The molecule has 1 aromatic rings. The van der Waals surface area contributed by atoms with Crippen molar-refractivity contribution in [3.05, 3.63) is 29.8 Å². The van der Waals surface area contributed by atoms with Gasteiger partial charge in [-0.2, -0.15) is 0 Å². The number of carbonyl (C=O) groups excluding carboxylic acids is 2. The molecule has 0 aliphatic carbocycles. The lowest BCUT2D eigenvalue weighted by molar-refractivity contribution is -0.389. The third kappa shape index (κ3) is 3.09. The van der Waals surface area contributed by atoms with Crippen LogP contribution in [0.5, 0.6) is 5.75 Å². The highest BCUT2D eigenvalue weighted by atomic mass is 16.8. The number of ether oxygens (including phenoxy) is 5. The number of fused-ring (bicyclic) bond motifs is 2. The molecule has 0 saturated carbocycles. The first-order chi connectivity index (χ1) is 16.1. The van der Waals surface area contributed by atoms with Crippen molar-refractivity contribution < 1.29 is 63.9 Å². The van der Waals surface area contributed by atoms with Crippen molar-refractivity contribution in [1.82, 2.24) is 0 Å². The zero-order chi connectivity index (χ0) is 24.4. The summed E-state index contributed by atoms with van der Waals surface area (Å²) in [7, 11) is 0. The molecule has 4 aliphatic heterocycles. The molecule has 4 fully saturated rings. The number of esters is 2. The third-order valence-electron chi connectivity index (χ3n) is 6.82. The molecule has 34 heavy (non-hydrogen) atoms. The molecular formula is C21H24O13. The van der Waals surface area contributed by atoms with E-state index in [1.807, 2.05) is 0 Å². The van der Waals surface area contributed by atoms with E-state index >= 15 is 0 Å². The molecule has 0 bridgehead atoms. The average Bonchev–Trinajstić information content (AvgIpc) is 3.41. The first-order valence-corrected chi connectivity index (χ1v) is 10.7. The molecule has 0 unspecified atom stereocenters. The van der Waals surface area contributed by atoms with Crippen LogP contribution in [0.4, 0.5) is 0 Å². The van der Waals surface area contributed by atoms with Crippen LogP contribution in [0.3, 0.4) is 0 Å². The largest absolute Gasteiger partial charge is 0.508 e. The van der Waals surface area contributed by atoms with Crippen LogP contribution >= 0.6 is 0 Å². The van der Waals surface area contributed by atoms with Gasteiger partial charge in [-0.05, 0) is 17.7 Å². The number of aliphatic hydroxyl groups is 5. The summed E-state index contributed by atoms with van der Waals surface area (Å²) in [6, 6.07) is 5.63. The van der Waals surface area contributed by atoms with Crippen molar-refractivity contribution in [2.45, 2.75) is 66.6 Å². The van der Waals surface area contributed by atoms with Gasteiger partial charge in [0.1, 0.15) is 36.3 Å². The molecule has 0 radical (unpaired) electrons. The van der Waals surface area contributed by atoms with Crippen LogP contribution in [-0.4, -0.2) is 110 Å². The summed E-state index contributed by atoms with van der Waals surface area (Å²) in [6.07, 6.45) is -11.7. The van der Waals surface area contributed by atoms with Gasteiger partial charge in [-0.3, -0.25) is 4.79 Å². The maximum atomic E-state index is 13.3. The minimum atomic E-state index is -2.31. The minimum Gasteiger partial charge on any atom is -0.508 e. The second-order valence-corrected chi connectivity index (χ2v) is 8.74. The Bertz CT molecular complexity index is 966. The van der Waals surface area contributed by atoms with Crippen LogP contribution in [0.2, 0.25) is 0 Å². The van der Waals surface area contributed by atoms with Gasteiger partial charge in [0, 0.05) is 0 Å². The monoisotopic (exact) mass is 484 g/mol. The van der Waals surface area contributed by atoms with E-state index in [1.165, 1.54) is 24.3 Å². The molecule has 5 rings (SSSR count). The average molecular weight is 484 g/mol. The van der Waals surface area contributed by atoms with Crippen LogP contribution < -0.4 is 0 Å².